The summed E-state index contributed by atoms with van der Waals surface area (Å²) in [6.07, 6.45) is 3.16. The number of hydrogen-bond donors (Lipinski definition) is 2. The summed E-state index contributed by atoms with van der Waals surface area (Å²) in [6, 6.07) is 9.19. The van der Waals surface area contributed by atoms with Gasteiger partial charge in [-0.05, 0) is 49.8 Å². The Morgan fingerprint density at radius 1 is 1.33 bits per heavy atom. The van der Waals surface area contributed by atoms with Crippen LogP contribution >= 0.6 is 15.9 Å². The maximum absolute atomic E-state index is 9.94. The van der Waals surface area contributed by atoms with E-state index in [1.54, 1.807) is 0 Å². The van der Waals surface area contributed by atoms with Gasteiger partial charge >= 0.3 is 0 Å². The molecule has 1 aromatic carbocycles. The summed E-state index contributed by atoms with van der Waals surface area (Å²) in [5, 5.41) is 13.4. The fourth-order valence-electron chi connectivity index (χ4n) is 2.28. The van der Waals surface area contributed by atoms with Crippen molar-refractivity contribution >= 4 is 15.9 Å². The Kier molecular flexibility index (Phi) is 4.46. The molecule has 0 bridgehead atoms. The highest BCUT2D eigenvalue weighted by atomic mass is 79.9. The second-order valence-electron chi connectivity index (χ2n) is 5.65. The molecule has 2 rings (SSSR count). The topological polar surface area (TPSA) is 32.3 Å². The van der Waals surface area contributed by atoms with Gasteiger partial charge in [-0.1, -0.05) is 35.0 Å². The van der Waals surface area contributed by atoms with Gasteiger partial charge in [0.25, 0.3) is 0 Å². The lowest BCUT2D eigenvalue weighted by molar-refractivity contribution is 0.0482. The van der Waals surface area contributed by atoms with Crippen molar-refractivity contribution in [1.29, 1.82) is 0 Å². The van der Waals surface area contributed by atoms with E-state index in [0.717, 1.165) is 10.9 Å². The number of nitrogens with one attached hydrogen (secondary N) is 1. The van der Waals surface area contributed by atoms with Crippen molar-refractivity contribution in [1.82, 2.24) is 5.32 Å². The highest BCUT2D eigenvalue weighted by molar-refractivity contribution is 9.10. The van der Waals surface area contributed by atoms with Gasteiger partial charge in [0.1, 0.15) is 0 Å². The first kappa shape index (κ1) is 14.0. The summed E-state index contributed by atoms with van der Waals surface area (Å²) in [7, 11) is 0. The number of halogens is 1. The van der Waals surface area contributed by atoms with Crippen LogP contribution in [0.2, 0.25) is 0 Å². The number of aliphatic hydroxyl groups is 1. The molecular weight excluding hydrogens is 290 g/mol. The van der Waals surface area contributed by atoms with Crippen LogP contribution < -0.4 is 5.32 Å². The minimum atomic E-state index is -0.567. The van der Waals surface area contributed by atoms with Gasteiger partial charge < -0.3 is 10.4 Å². The second kappa shape index (κ2) is 5.72. The van der Waals surface area contributed by atoms with E-state index in [1.807, 2.05) is 13.8 Å². The van der Waals surface area contributed by atoms with E-state index in [-0.39, 0.29) is 0 Å². The third-order valence-corrected chi connectivity index (χ3v) is 4.54. The fourth-order valence-corrected chi connectivity index (χ4v) is 2.55. The molecular formula is C15H22BrNO. The minimum absolute atomic E-state index is 0.566. The third kappa shape index (κ3) is 3.56. The van der Waals surface area contributed by atoms with Gasteiger partial charge in [-0.3, -0.25) is 0 Å². The Morgan fingerprint density at radius 2 is 1.94 bits per heavy atom. The molecule has 18 heavy (non-hydrogen) atoms. The van der Waals surface area contributed by atoms with Crippen molar-refractivity contribution in [3.05, 3.63) is 34.3 Å². The molecule has 1 atom stereocenters. The molecule has 0 aliphatic heterocycles. The van der Waals surface area contributed by atoms with Gasteiger partial charge in [-0.15, -0.1) is 0 Å². The first-order chi connectivity index (χ1) is 8.50. The highest BCUT2D eigenvalue weighted by Gasteiger charge is 2.31. The van der Waals surface area contributed by atoms with Gasteiger partial charge in [0.2, 0.25) is 0 Å². The summed E-state index contributed by atoms with van der Waals surface area (Å²) < 4.78 is 1.14. The summed E-state index contributed by atoms with van der Waals surface area (Å²) >= 11 is 3.46. The Hall–Kier alpha value is -0.380. The van der Waals surface area contributed by atoms with Crippen molar-refractivity contribution in [2.45, 2.75) is 50.7 Å². The van der Waals surface area contributed by atoms with Crippen LogP contribution in [0.15, 0.2) is 28.7 Å². The van der Waals surface area contributed by atoms with E-state index in [1.165, 1.54) is 18.4 Å². The molecule has 0 spiro atoms. The average molecular weight is 312 g/mol. The maximum atomic E-state index is 9.94. The zero-order chi connectivity index (χ0) is 13.2. The molecule has 0 radical (unpaired) electrons. The molecule has 1 aliphatic rings. The van der Waals surface area contributed by atoms with Crippen LogP contribution in [0.1, 0.15) is 44.6 Å². The number of benzene rings is 1. The summed E-state index contributed by atoms with van der Waals surface area (Å²) in [5.74, 6) is 0.683. The van der Waals surface area contributed by atoms with Gasteiger partial charge in [0.05, 0.1) is 5.60 Å². The second-order valence-corrected chi connectivity index (χ2v) is 6.56. The van der Waals surface area contributed by atoms with Gasteiger partial charge in [0, 0.05) is 17.1 Å². The molecule has 0 heterocycles. The Bertz CT molecular complexity index is 382. The largest absolute Gasteiger partial charge is 0.389 e. The van der Waals surface area contributed by atoms with Crippen LogP contribution in [0.25, 0.3) is 0 Å². The highest BCUT2D eigenvalue weighted by Crippen LogP contribution is 2.37. The molecule has 3 heteroatoms. The SMILES string of the molecule is CCC(C)(O)CNC1CC(c2ccc(Br)cc2)C1. The average Bonchev–Trinajstić information content (AvgIpc) is 2.29. The first-order valence-electron chi connectivity index (χ1n) is 6.71. The van der Waals surface area contributed by atoms with E-state index >= 15 is 0 Å². The lowest BCUT2D eigenvalue weighted by Gasteiger charge is -2.38. The zero-order valence-electron chi connectivity index (χ0n) is 11.1. The van der Waals surface area contributed by atoms with Crippen molar-refractivity contribution in [3.8, 4) is 0 Å². The van der Waals surface area contributed by atoms with E-state index < -0.39 is 5.60 Å². The Morgan fingerprint density at radius 3 is 2.50 bits per heavy atom. The zero-order valence-corrected chi connectivity index (χ0v) is 12.7. The normalized spacial score (nSPS) is 26.4. The molecule has 1 unspecified atom stereocenters. The molecule has 0 aromatic heterocycles. The molecule has 2 N–H and O–H groups in total. The van der Waals surface area contributed by atoms with Crippen LogP contribution in [0.5, 0.6) is 0 Å². The first-order valence-corrected chi connectivity index (χ1v) is 7.51. The smallest absolute Gasteiger partial charge is 0.0741 e. The van der Waals surface area contributed by atoms with Crippen LogP contribution in [-0.4, -0.2) is 23.3 Å². The molecule has 1 saturated carbocycles. The molecule has 1 aromatic rings. The Balaban J connectivity index is 1.75. The van der Waals surface area contributed by atoms with E-state index in [0.29, 0.717) is 18.5 Å². The molecule has 100 valence electrons. The lowest BCUT2D eigenvalue weighted by Crippen LogP contribution is -2.47. The van der Waals surface area contributed by atoms with E-state index in [9.17, 15) is 5.11 Å². The van der Waals surface area contributed by atoms with Crippen LogP contribution in [0.3, 0.4) is 0 Å². The number of hydrogen-bond acceptors (Lipinski definition) is 2. The quantitative estimate of drug-likeness (QED) is 0.873. The third-order valence-electron chi connectivity index (χ3n) is 4.01. The van der Waals surface area contributed by atoms with Crippen LogP contribution in [0, 0.1) is 0 Å². The Labute approximate surface area is 118 Å². The molecule has 0 amide bonds. The van der Waals surface area contributed by atoms with Crippen molar-refractivity contribution in [3.63, 3.8) is 0 Å². The van der Waals surface area contributed by atoms with Gasteiger partial charge in [-0.2, -0.15) is 0 Å². The monoisotopic (exact) mass is 311 g/mol. The molecule has 0 saturated heterocycles. The molecule has 2 nitrogen and oxygen atoms in total. The van der Waals surface area contributed by atoms with Crippen molar-refractivity contribution in [2.24, 2.45) is 0 Å². The predicted molar refractivity (Wildman–Crippen MR) is 78.8 cm³/mol. The molecule has 1 fully saturated rings. The fraction of sp³-hybridized carbons (Fsp3) is 0.600. The predicted octanol–water partition coefficient (Wildman–Crippen LogP) is 3.45. The van der Waals surface area contributed by atoms with Crippen molar-refractivity contribution in [2.75, 3.05) is 6.54 Å². The standard InChI is InChI=1S/C15H22BrNO/c1-3-15(2,18)10-17-14-8-12(9-14)11-4-6-13(16)7-5-11/h4-7,12,14,17-18H,3,8-10H2,1-2H3. The summed E-state index contributed by atoms with van der Waals surface area (Å²) in [5.41, 5.74) is 0.862. The van der Waals surface area contributed by atoms with Gasteiger partial charge in [0.15, 0.2) is 0 Å². The lowest BCUT2D eigenvalue weighted by atomic mass is 9.75. The maximum Gasteiger partial charge on any atom is 0.0741 e. The summed E-state index contributed by atoms with van der Waals surface area (Å²) in [4.78, 5) is 0. The molecule has 1 aliphatic carbocycles. The van der Waals surface area contributed by atoms with Gasteiger partial charge in [-0.25, -0.2) is 0 Å². The van der Waals surface area contributed by atoms with Crippen LogP contribution in [0.4, 0.5) is 0 Å². The minimum Gasteiger partial charge on any atom is -0.389 e. The number of rotatable bonds is 5. The van der Waals surface area contributed by atoms with E-state index in [4.69, 9.17) is 0 Å². The van der Waals surface area contributed by atoms with Crippen LogP contribution in [-0.2, 0) is 0 Å². The van der Waals surface area contributed by atoms with E-state index in [2.05, 4.69) is 45.5 Å². The van der Waals surface area contributed by atoms with Crippen molar-refractivity contribution < 1.29 is 5.11 Å². The summed E-state index contributed by atoms with van der Waals surface area (Å²) in [6.45, 7) is 4.61.